The number of nitrogens with one attached hydrogen (secondary N) is 2. The fourth-order valence-corrected chi connectivity index (χ4v) is 4.51. The van der Waals surface area contributed by atoms with Crippen molar-refractivity contribution >= 4 is 11.8 Å². The summed E-state index contributed by atoms with van der Waals surface area (Å²) in [4.78, 5) is 22.9. The van der Waals surface area contributed by atoms with Crippen molar-refractivity contribution in [2.24, 2.45) is 5.92 Å². The number of amides is 2. The molecule has 0 aromatic carbocycles. The Morgan fingerprint density at radius 1 is 0.651 bits per heavy atom. The second-order valence-electron chi connectivity index (χ2n) is 10.5. The summed E-state index contributed by atoms with van der Waals surface area (Å²) in [5.41, 5.74) is 0. The Bertz CT molecular complexity index is 811. The molecule has 0 aromatic heterocycles. The lowest BCUT2D eigenvalue weighted by atomic mass is 9.97. The van der Waals surface area contributed by atoms with E-state index in [2.05, 4.69) is 10.6 Å². The number of ether oxygens (including phenoxy) is 7. The first-order valence-electron chi connectivity index (χ1n) is 14.3. The quantitative estimate of drug-likeness (QED) is 0.0630. The minimum Gasteiger partial charge on any atom is -0.394 e. The second-order valence-corrected chi connectivity index (χ2v) is 10.5. The zero-order valence-corrected chi connectivity index (χ0v) is 24.8. The highest BCUT2D eigenvalue weighted by atomic mass is 16.7. The van der Waals surface area contributed by atoms with Gasteiger partial charge in [-0.15, -0.1) is 0 Å². The van der Waals surface area contributed by atoms with E-state index in [4.69, 9.17) is 33.2 Å². The smallest absolute Gasteiger partial charge is 0.217 e. The Hall–Kier alpha value is -1.58. The van der Waals surface area contributed by atoms with Gasteiger partial charge in [0.25, 0.3) is 0 Å². The normalized spacial score (nSPS) is 33.6. The van der Waals surface area contributed by atoms with Crippen LogP contribution in [0.2, 0.25) is 0 Å². The first-order valence-corrected chi connectivity index (χ1v) is 14.3. The van der Waals surface area contributed by atoms with Gasteiger partial charge in [0.15, 0.2) is 12.6 Å². The summed E-state index contributed by atoms with van der Waals surface area (Å²) in [7, 11) is 0. The van der Waals surface area contributed by atoms with E-state index in [1.165, 1.54) is 13.8 Å². The zero-order valence-electron chi connectivity index (χ0n) is 24.8. The van der Waals surface area contributed by atoms with Crippen LogP contribution in [0.1, 0.15) is 20.8 Å². The molecule has 2 amide bonds. The van der Waals surface area contributed by atoms with Gasteiger partial charge in [0, 0.05) is 19.8 Å². The Balaban J connectivity index is 1.56. The Kier molecular flexibility index (Phi) is 17.3. The lowest BCUT2D eigenvalue weighted by Gasteiger charge is -2.42. The predicted molar refractivity (Wildman–Crippen MR) is 144 cm³/mol. The molecule has 0 aliphatic carbocycles. The van der Waals surface area contributed by atoms with Crippen molar-refractivity contribution in [3.05, 3.63) is 0 Å². The topological polar surface area (TPSA) is 244 Å². The largest absolute Gasteiger partial charge is 0.394 e. The summed E-state index contributed by atoms with van der Waals surface area (Å²) in [6.07, 6.45) is -9.83. The maximum atomic E-state index is 11.5. The second kappa shape index (κ2) is 19.7. The molecule has 0 bridgehead atoms. The van der Waals surface area contributed by atoms with Crippen LogP contribution in [0, 0.1) is 5.92 Å². The van der Waals surface area contributed by atoms with E-state index in [9.17, 15) is 40.2 Å². The van der Waals surface area contributed by atoms with Crippen molar-refractivity contribution in [3.8, 4) is 0 Å². The third-order valence-electron chi connectivity index (χ3n) is 6.70. The van der Waals surface area contributed by atoms with Crippen LogP contribution >= 0.6 is 0 Å². The molecule has 8 N–H and O–H groups in total. The highest BCUT2D eigenvalue weighted by Crippen LogP contribution is 2.23. The van der Waals surface area contributed by atoms with Crippen LogP contribution in [0.25, 0.3) is 0 Å². The van der Waals surface area contributed by atoms with E-state index in [-0.39, 0.29) is 39.0 Å². The molecule has 2 fully saturated rings. The number of carbonyl (C=O) groups excluding carboxylic acids is 2. The third-order valence-corrected chi connectivity index (χ3v) is 6.70. The maximum Gasteiger partial charge on any atom is 0.217 e. The van der Waals surface area contributed by atoms with Crippen LogP contribution in [0.3, 0.4) is 0 Å². The standard InChI is InChI=1S/C26H48N2O15/c1-14(13-39-7-9-41-26-20(28-16(3)32)24(36)22(34)18(11-30)43-26)12-38-5-4-37-6-8-40-25-19(27-15(2)31)23(35)21(33)17(10-29)42-25/h14,17-26,29-30,33-36H,4-13H2,1-3H3,(H,27,31)(H,28,32)/t14?,17?,18?,19?,20?,21-,22-,23+,24+,25+,26+/m0/s1. The molecule has 17 heteroatoms. The average Bonchev–Trinajstić information content (AvgIpc) is 2.96. The van der Waals surface area contributed by atoms with Crippen molar-refractivity contribution in [2.75, 3.05) is 66.1 Å². The van der Waals surface area contributed by atoms with Gasteiger partial charge in [-0.1, -0.05) is 6.92 Å². The van der Waals surface area contributed by atoms with E-state index in [1.807, 2.05) is 6.92 Å². The molecule has 2 rings (SSSR count). The molecular weight excluding hydrogens is 580 g/mol. The van der Waals surface area contributed by atoms with Gasteiger partial charge in [0.1, 0.15) is 48.7 Å². The lowest BCUT2D eigenvalue weighted by Crippen LogP contribution is -2.64. The molecule has 2 aliphatic rings. The fraction of sp³-hybridized carbons (Fsp3) is 0.923. The van der Waals surface area contributed by atoms with Crippen LogP contribution in [0.15, 0.2) is 0 Å². The van der Waals surface area contributed by atoms with Crippen molar-refractivity contribution < 1.29 is 73.4 Å². The molecule has 17 nitrogen and oxygen atoms in total. The van der Waals surface area contributed by atoms with Gasteiger partial charge in [-0.2, -0.15) is 0 Å². The summed E-state index contributed by atoms with van der Waals surface area (Å²) in [6.45, 7) is 5.21. The minimum absolute atomic E-state index is 0.0486. The van der Waals surface area contributed by atoms with Gasteiger partial charge in [0.2, 0.25) is 11.8 Å². The van der Waals surface area contributed by atoms with Crippen molar-refractivity contribution in [2.45, 2.75) is 82.1 Å². The summed E-state index contributed by atoms with van der Waals surface area (Å²) in [5.74, 6) is -0.834. The van der Waals surface area contributed by atoms with Crippen LogP contribution in [0.4, 0.5) is 0 Å². The number of aliphatic hydroxyl groups is 6. The van der Waals surface area contributed by atoms with Crippen LogP contribution < -0.4 is 10.6 Å². The number of hydrogen-bond acceptors (Lipinski definition) is 15. The van der Waals surface area contributed by atoms with Gasteiger partial charge < -0.3 is 74.4 Å². The van der Waals surface area contributed by atoms with Crippen LogP contribution in [0.5, 0.6) is 0 Å². The lowest BCUT2D eigenvalue weighted by molar-refractivity contribution is -0.272. The molecule has 11 atom stereocenters. The van der Waals surface area contributed by atoms with E-state index in [0.717, 1.165) is 0 Å². The van der Waals surface area contributed by atoms with Gasteiger partial charge in [-0.25, -0.2) is 0 Å². The average molecular weight is 629 g/mol. The third kappa shape index (κ3) is 12.4. The summed E-state index contributed by atoms with van der Waals surface area (Å²) >= 11 is 0. The highest BCUT2D eigenvalue weighted by molar-refractivity contribution is 5.73. The summed E-state index contributed by atoms with van der Waals surface area (Å²) < 4.78 is 38.8. The summed E-state index contributed by atoms with van der Waals surface area (Å²) in [5, 5.41) is 64.3. The van der Waals surface area contributed by atoms with E-state index in [1.54, 1.807) is 0 Å². The number of carbonyl (C=O) groups is 2. The van der Waals surface area contributed by atoms with Gasteiger partial charge >= 0.3 is 0 Å². The number of hydrogen-bond donors (Lipinski definition) is 8. The molecular formula is C26H48N2O15. The molecule has 0 spiro atoms. The van der Waals surface area contributed by atoms with E-state index in [0.29, 0.717) is 19.8 Å². The van der Waals surface area contributed by atoms with Crippen molar-refractivity contribution in [1.29, 1.82) is 0 Å². The Morgan fingerprint density at radius 2 is 1.02 bits per heavy atom. The first kappa shape index (κ1) is 37.6. The monoisotopic (exact) mass is 628 g/mol. The highest BCUT2D eigenvalue weighted by Gasteiger charge is 2.46. The molecule has 2 saturated heterocycles. The van der Waals surface area contributed by atoms with E-state index < -0.39 is 86.3 Å². The molecule has 0 saturated carbocycles. The number of rotatable bonds is 19. The zero-order chi connectivity index (χ0) is 31.9. The SMILES string of the molecule is CC(=O)NC1[C@H](OCCOCCOCC(C)COCCO[C@@H]2OC(CO)[C@H](O)[C@H](O)C2NC(C)=O)OC(CO)[C@H](O)[C@@H]1O. The van der Waals surface area contributed by atoms with Crippen LogP contribution in [-0.4, -0.2) is 170 Å². The molecule has 0 radical (unpaired) electrons. The maximum absolute atomic E-state index is 11.5. The molecule has 43 heavy (non-hydrogen) atoms. The minimum atomic E-state index is -1.39. The van der Waals surface area contributed by atoms with Crippen molar-refractivity contribution in [1.82, 2.24) is 10.6 Å². The number of aliphatic hydroxyl groups excluding tert-OH is 6. The Morgan fingerprint density at radius 3 is 1.42 bits per heavy atom. The molecule has 2 aliphatic heterocycles. The van der Waals surface area contributed by atoms with Crippen LogP contribution in [-0.2, 0) is 42.7 Å². The van der Waals surface area contributed by atoms with Gasteiger partial charge in [-0.05, 0) is 0 Å². The molecule has 252 valence electrons. The summed E-state index contributed by atoms with van der Waals surface area (Å²) in [6, 6.07) is -2.03. The molecule has 5 unspecified atom stereocenters. The van der Waals surface area contributed by atoms with Gasteiger partial charge in [0.05, 0.1) is 66.1 Å². The van der Waals surface area contributed by atoms with Gasteiger partial charge in [-0.3, -0.25) is 9.59 Å². The predicted octanol–water partition coefficient (Wildman–Crippen LogP) is -4.41. The molecule has 0 aromatic rings. The van der Waals surface area contributed by atoms with E-state index >= 15 is 0 Å². The fourth-order valence-electron chi connectivity index (χ4n) is 4.51. The van der Waals surface area contributed by atoms with Crippen molar-refractivity contribution in [3.63, 3.8) is 0 Å². The first-order chi connectivity index (χ1) is 20.5. The molecule has 2 heterocycles. The Labute approximate surface area is 250 Å².